The highest BCUT2D eigenvalue weighted by molar-refractivity contribution is 7.89. The molecule has 0 aliphatic carbocycles. The van der Waals surface area contributed by atoms with Gasteiger partial charge in [0.25, 0.3) is 0 Å². The van der Waals surface area contributed by atoms with Crippen LogP contribution < -0.4 is 4.74 Å². The van der Waals surface area contributed by atoms with Crippen molar-refractivity contribution in [1.82, 2.24) is 14.1 Å². The third kappa shape index (κ3) is 6.41. The molecule has 9 heteroatoms. The fraction of sp³-hybridized carbons (Fsp3) is 0.682. The minimum atomic E-state index is -3.57. The number of carbonyl (C=O) groups is 1. The lowest BCUT2D eigenvalue weighted by molar-refractivity contribution is -0.132. The molecule has 1 aromatic carbocycles. The Kier molecular flexibility index (Phi) is 8.71. The van der Waals surface area contributed by atoms with Gasteiger partial charge in [0.15, 0.2) is 0 Å². The molecule has 0 unspecified atom stereocenters. The van der Waals surface area contributed by atoms with Crippen molar-refractivity contribution < 1.29 is 22.7 Å². The van der Waals surface area contributed by atoms with Crippen LogP contribution in [-0.2, 0) is 19.6 Å². The van der Waals surface area contributed by atoms with E-state index in [-0.39, 0.29) is 10.8 Å². The molecule has 0 radical (unpaired) electrons. The van der Waals surface area contributed by atoms with Crippen molar-refractivity contribution in [3.63, 3.8) is 0 Å². The molecule has 0 aromatic heterocycles. The number of hydrogen-bond donors (Lipinski definition) is 0. The van der Waals surface area contributed by atoms with Crippen LogP contribution >= 0.6 is 0 Å². The molecule has 2 aliphatic rings. The van der Waals surface area contributed by atoms with Gasteiger partial charge in [0.2, 0.25) is 15.9 Å². The minimum Gasteiger partial charge on any atom is -0.491 e. The van der Waals surface area contributed by atoms with Gasteiger partial charge in [-0.3, -0.25) is 9.69 Å². The van der Waals surface area contributed by atoms with Gasteiger partial charge in [-0.2, -0.15) is 4.31 Å². The maximum absolute atomic E-state index is 13.1. The molecule has 2 heterocycles. The summed E-state index contributed by atoms with van der Waals surface area (Å²) in [5.41, 5.74) is 0.777. The van der Waals surface area contributed by atoms with E-state index in [1.54, 1.807) is 25.3 Å². The second-order valence-corrected chi connectivity index (χ2v) is 10.2. The predicted octanol–water partition coefficient (Wildman–Crippen LogP) is 1.73. The van der Waals surface area contributed by atoms with Gasteiger partial charge in [-0.1, -0.05) is 12.8 Å². The Morgan fingerprint density at radius 1 is 0.968 bits per heavy atom. The average Bonchev–Trinajstić information content (AvgIpc) is 3.05. The van der Waals surface area contributed by atoms with Gasteiger partial charge in [-0.25, -0.2) is 8.42 Å². The van der Waals surface area contributed by atoms with Crippen LogP contribution in [0.15, 0.2) is 23.1 Å². The molecule has 0 N–H and O–H groups in total. The van der Waals surface area contributed by atoms with Crippen molar-refractivity contribution >= 4 is 15.9 Å². The highest BCUT2D eigenvalue weighted by Gasteiger charge is 2.30. The summed E-state index contributed by atoms with van der Waals surface area (Å²) in [7, 11) is -1.96. The van der Waals surface area contributed by atoms with Gasteiger partial charge < -0.3 is 14.4 Å². The van der Waals surface area contributed by atoms with Crippen LogP contribution in [0.2, 0.25) is 0 Å². The zero-order valence-corrected chi connectivity index (χ0v) is 19.5. The van der Waals surface area contributed by atoms with Gasteiger partial charge >= 0.3 is 0 Å². The van der Waals surface area contributed by atoms with Gasteiger partial charge in [0.1, 0.15) is 12.4 Å². The first kappa shape index (κ1) is 24.0. The molecular weight excluding hydrogens is 418 g/mol. The van der Waals surface area contributed by atoms with E-state index in [0.29, 0.717) is 51.7 Å². The Morgan fingerprint density at radius 2 is 1.65 bits per heavy atom. The number of likely N-dealkylation sites (tertiary alicyclic amines) is 1. The molecule has 0 spiro atoms. The van der Waals surface area contributed by atoms with E-state index in [1.165, 1.54) is 17.1 Å². The van der Waals surface area contributed by atoms with Crippen molar-refractivity contribution in [2.24, 2.45) is 0 Å². The largest absolute Gasteiger partial charge is 0.491 e. The molecule has 31 heavy (non-hydrogen) atoms. The van der Waals surface area contributed by atoms with E-state index < -0.39 is 10.0 Å². The summed E-state index contributed by atoms with van der Waals surface area (Å²) in [5.74, 6) is 0.825. The zero-order chi connectivity index (χ0) is 22.3. The Labute approximate surface area is 186 Å². The molecule has 2 aliphatic heterocycles. The monoisotopic (exact) mass is 453 g/mol. The SMILES string of the molecule is COCCOc1ccc(S(=O)(=O)N2CCN(CC(=O)N3CCCCCC3)CC2)cc1C. The molecular formula is C22H35N3O5S. The number of hydrogen-bond acceptors (Lipinski definition) is 6. The lowest BCUT2D eigenvalue weighted by Gasteiger charge is -2.34. The second-order valence-electron chi connectivity index (χ2n) is 8.24. The molecule has 174 valence electrons. The average molecular weight is 454 g/mol. The van der Waals surface area contributed by atoms with Gasteiger partial charge in [0.05, 0.1) is 18.0 Å². The summed E-state index contributed by atoms with van der Waals surface area (Å²) in [4.78, 5) is 16.9. The number of amides is 1. The van der Waals surface area contributed by atoms with Crippen molar-refractivity contribution in [2.45, 2.75) is 37.5 Å². The van der Waals surface area contributed by atoms with Crippen molar-refractivity contribution in [2.75, 3.05) is 66.1 Å². The molecule has 2 fully saturated rings. The molecule has 2 saturated heterocycles. The minimum absolute atomic E-state index is 0.165. The quantitative estimate of drug-likeness (QED) is 0.558. The van der Waals surface area contributed by atoms with Crippen LogP contribution in [0.4, 0.5) is 0 Å². The van der Waals surface area contributed by atoms with E-state index in [4.69, 9.17) is 9.47 Å². The van der Waals surface area contributed by atoms with Gasteiger partial charge in [-0.15, -0.1) is 0 Å². The van der Waals surface area contributed by atoms with Crippen molar-refractivity contribution in [1.29, 1.82) is 0 Å². The summed E-state index contributed by atoms with van der Waals surface area (Å²) in [5, 5.41) is 0. The normalized spacial score (nSPS) is 19.2. The maximum atomic E-state index is 13.1. The Hall–Kier alpha value is -1.68. The number of ether oxygens (including phenoxy) is 2. The summed E-state index contributed by atoms with van der Waals surface area (Å²) in [6.07, 6.45) is 4.54. The fourth-order valence-electron chi connectivity index (χ4n) is 4.07. The summed E-state index contributed by atoms with van der Waals surface area (Å²) >= 11 is 0. The summed E-state index contributed by atoms with van der Waals surface area (Å²) in [6.45, 7) is 6.71. The number of aryl methyl sites for hydroxylation is 1. The molecule has 8 nitrogen and oxygen atoms in total. The first-order chi connectivity index (χ1) is 14.9. The zero-order valence-electron chi connectivity index (χ0n) is 18.7. The van der Waals surface area contributed by atoms with Crippen LogP contribution in [0.1, 0.15) is 31.2 Å². The number of sulfonamides is 1. The van der Waals surface area contributed by atoms with Crippen LogP contribution in [-0.4, -0.2) is 94.6 Å². The lowest BCUT2D eigenvalue weighted by Crippen LogP contribution is -2.51. The Bertz CT molecular complexity index is 830. The number of methoxy groups -OCH3 is 1. The summed E-state index contributed by atoms with van der Waals surface area (Å²) < 4.78 is 38.3. The first-order valence-electron chi connectivity index (χ1n) is 11.1. The van der Waals surface area contributed by atoms with Crippen LogP contribution in [0.3, 0.4) is 0 Å². The Morgan fingerprint density at radius 3 is 2.26 bits per heavy atom. The topological polar surface area (TPSA) is 79.4 Å². The van der Waals surface area contributed by atoms with Gasteiger partial charge in [-0.05, 0) is 43.5 Å². The van der Waals surface area contributed by atoms with Crippen LogP contribution in [0.25, 0.3) is 0 Å². The van der Waals surface area contributed by atoms with Gasteiger partial charge in [0, 0.05) is 46.4 Å². The highest BCUT2D eigenvalue weighted by atomic mass is 32.2. The van der Waals surface area contributed by atoms with E-state index in [1.807, 2.05) is 11.8 Å². The van der Waals surface area contributed by atoms with Crippen molar-refractivity contribution in [3.8, 4) is 5.75 Å². The number of nitrogens with zero attached hydrogens (tertiary/aromatic N) is 3. The third-order valence-corrected chi connectivity index (χ3v) is 7.87. The molecule has 3 rings (SSSR count). The molecule has 0 atom stereocenters. The number of piperazine rings is 1. The first-order valence-corrected chi connectivity index (χ1v) is 12.6. The maximum Gasteiger partial charge on any atom is 0.243 e. The molecule has 1 aromatic rings. The van der Waals surface area contributed by atoms with E-state index in [9.17, 15) is 13.2 Å². The molecule has 0 saturated carbocycles. The standard InChI is InChI=1S/C22H35N3O5S/c1-19-17-20(7-8-21(19)30-16-15-29-2)31(27,28)25-13-11-23(12-14-25)18-22(26)24-9-5-3-4-6-10-24/h7-8,17H,3-6,9-16,18H2,1-2H3. The highest BCUT2D eigenvalue weighted by Crippen LogP contribution is 2.25. The third-order valence-electron chi connectivity index (χ3n) is 5.98. The molecule has 1 amide bonds. The van der Waals surface area contributed by atoms with Crippen molar-refractivity contribution in [3.05, 3.63) is 23.8 Å². The predicted molar refractivity (Wildman–Crippen MR) is 119 cm³/mol. The van der Waals surface area contributed by atoms with Crippen LogP contribution in [0, 0.1) is 6.92 Å². The number of rotatable bonds is 8. The van der Waals surface area contributed by atoms with Crippen LogP contribution in [0.5, 0.6) is 5.75 Å². The second kappa shape index (κ2) is 11.3. The van der Waals surface area contributed by atoms with E-state index in [0.717, 1.165) is 31.5 Å². The van der Waals surface area contributed by atoms with E-state index in [2.05, 4.69) is 4.90 Å². The number of benzene rings is 1. The Balaban J connectivity index is 1.54. The lowest BCUT2D eigenvalue weighted by atomic mass is 10.2. The van der Waals surface area contributed by atoms with E-state index >= 15 is 0 Å². The molecule has 0 bridgehead atoms. The summed E-state index contributed by atoms with van der Waals surface area (Å²) in [6, 6.07) is 4.96. The smallest absolute Gasteiger partial charge is 0.243 e. The number of carbonyl (C=O) groups excluding carboxylic acids is 1. The fourth-order valence-corrected chi connectivity index (χ4v) is 5.58.